The molecule has 1 heterocycles. The van der Waals surface area contributed by atoms with Crippen LogP contribution in [-0.2, 0) is 18.1 Å². The zero-order valence-electron chi connectivity index (χ0n) is 15.5. The van der Waals surface area contributed by atoms with Crippen LogP contribution >= 0.6 is 15.5 Å². The van der Waals surface area contributed by atoms with Crippen molar-refractivity contribution in [3.8, 4) is 5.75 Å². The van der Waals surface area contributed by atoms with Gasteiger partial charge in [-0.25, -0.2) is 0 Å². The van der Waals surface area contributed by atoms with Crippen LogP contribution in [0.25, 0.3) is 10.6 Å². The third kappa shape index (κ3) is 3.74. The summed E-state index contributed by atoms with van der Waals surface area (Å²) in [6, 6.07) is 15.9. The van der Waals surface area contributed by atoms with E-state index in [2.05, 4.69) is 0 Å². The van der Waals surface area contributed by atoms with Crippen molar-refractivity contribution in [3.63, 3.8) is 0 Å². The molecule has 6 nitrogen and oxygen atoms in total. The van der Waals surface area contributed by atoms with Crippen LogP contribution < -0.4 is 9.42 Å². The van der Waals surface area contributed by atoms with Gasteiger partial charge in [0.1, 0.15) is 5.31 Å². The molecule has 0 radical (unpaired) electrons. The van der Waals surface area contributed by atoms with Crippen molar-refractivity contribution in [2.45, 2.75) is 13.8 Å². The van der Waals surface area contributed by atoms with Crippen LogP contribution in [0.4, 0.5) is 0 Å². The molecule has 2 aromatic carbocycles. The van der Waals surface area contributed by atoms with Gasteiger partial charge in [0.2, 0.25) is 0 Å². The number of rotatable bonds is 7. The highest BCUT2D eigenvalue weighted by Crippen LogP contribution is 2.76. The molecule has 0 fully saturated rings. The molecule has 0 bridgehead atoms. The second kappa shape index (κ2) is 8.24. The van der Waals surface area contributed by atoms with Crippen molar-refractivity contribution < 1.29 is 27.6 Å². The maximum Gasteiger partial charge on any atom is 0.366 e. The van der Waals surface area contributed by atoms with Gasteiger partial charge in [-0.2, -0.15) is 4.52 Å². The molecule has 1 aliphatic rings. The van der Waals surface area contributed by atoms with Crippen LogP contribution in [0.1, 0.15) is 25.0 Å². The lowest BCUT2D eigenvalue weighted by atomic mass is 10.1. The standard InChI is InChI=1S/C19H22O6P2/c1-4-23-27(21,24-5-2)19-16-13-9-10-14-17(16)25-26(20,22-3)18(19)15-11-7-6-8-12-15/h6-14H,4-5H2,1-3H3. The van der Waals surface area contributed by atoms with Crippen molar-refractivity contribution in [3.05, 3.63) is 65.7 Å². The van der Waals surface area contributed by atoms with Gasteiger partial charge in [-0.15, -0.1) is 0 Å². The lowest BCUT2D eigenvalue weighted by Gasteiger charge is -2.35. The zero-order chi connectivity index (χ0) is 19.5. The van der Waals surface area contributed by atoms with Crippen molar-refractivity contribution >= 4 is 26.2 Å². The van der Waals surface area contributed by atoms with E-state index in [0.29, 0.717) is 16.9 Å². The summed E-state index contributed by atoms with van der Waals surface area (Å²) < 4.78 is 36.1. The van der Waals surface area contributed by atoms with E-state index in [1.54, 1.807) is 62.4 Å². The monoisotopic (exact) mass is 408 g/mol. The molecule has 0 amide bonds. The van der Waals surface area contributed by atoms with E-state index in [1.165, 1.54) is 7.11 Å². The largest absolute Gasteiger partial charge is 0.620 e. The Hall–Kier alpha value is -1.52. The maximum absolute atomic E-state index is 13.8. The Kier molecular flexibility index (Phi) is 6.17. The van der Waals surface area contributed by atoms with Gasteiger partial charge in [0.05, 0.1) is 20.3 Å². The van der Waals surface area contributed by atoms with Crippen LogP contribution in [0.15, 0.2) is 54.6 Å². The Labute approximate surface area is 159 Å². The number of hydrogen-bond donors (Lipinski definition) is 0. The van der Waals surface area contributed by atoms with Crippen LogP contribution in [-0.4, -0.2) is 20.3 Å². The summed E-state index contributed by atoms with van der Waals surface area (Å²) in [5.74, 6) is 0.317. The maximum atomic E-state index is 13.8. The third-order valence-corrected chi connectivity index (χ3v) is 8.35. The van der Waals surface area contributed by atoms with Gasteiger partial charge < -0.3 is 18.5 Å². The summed E-state index contributed by atoms with van der Waals surface area (Å²) in [4.78, 5) is 13.6. The van der Waals surface area contributed by atoms with Crippen molar-refractivity contribution in [1.82, 2.24) is 0 Å². The summed E-state index contributed by atoms with van der Waals surface area (Å²) in [5.41, 5.74) is 1.09. The fourth-order valence-corrected chi connectivity index (χ4v) is 7.20. The van der Waals surface area contributed by atoms with E-state index in [0.717, 1.165) is 0 Å². The molecular formula is C19H22O6P2. The van der Waals surface area contributed by atoms with Gasteiger partial charge in [0.15, 0.2) is 11.1 Å². The lowest BCUT2D eigenvalue weighted by molar-refractivity contribution is -0.203. The number of benzene rings is 2. The van der Waals surface area contributed by atoms with Gasteiger partial charge in [-0.3, -0.25) is 4.57 Å². The highest BCUT2D eigenvalue weighted by Gasteiger charge is 2.51. The molecule has 2 aromatic rings. The molecule has 0 N–H and O–H groups in total. The highest BCUT2D eigenvalue weighted by molar-refractivity contribution is 7.75. The van der Waals surface area contributed by atoms with Gasteiger partial charge in [-0.1, -0.05) is 42.5 Å². The molecule has 8 heteroatoms. The average molecular weight is 408 g/mol. The predicted molar refractivity (Wildman–Crippen MR) is 105 cm³/mol. The van der Waals surface area contributed by atoms with Crippen LogP contribution in [0, 0.1) is 0 Å². The summed E-state index contributed by atoms with van der Waals surface area (Å²) in [7, 11) is -6.30. The summed E-state index contributed by atoms with van der Waals surface area (Å²) in [6.45, 7) is 3.80. The Morgan fingerprint density at radius 1 is 1.00 bits per heavy atom. The second-order valence-corrected chi connectivity index (χ2v) is 9.61. The molecule has 144 valence electrons. The van der Waals surface area contributed by atoms with E-state index < -0.39 is 15.5 Å². The quantitative estimate of drug-likeness (QED) is 0.604. The fourth-order valence-electron chi connectivity index (χ4n) is 2.98. The zero-order valence-corrected chi connectivity index (χ0v) is 17.2. The topological polar surface area (TPSA) is 77.1 Å². The predicted octanol–water partition coefficient (Wildman–Crippen LogP) is 4.94. The molecule has 1 aliphatic heterocycles. The third-order valence-electron chi connectivity index (χ3n) is 4.02. The first kappa shape index (κ1) is 20.2. The minimum atomic E-state index is -3.81. The van der Waals surface area contributed by atoms with Gasteiger partial charge in [0.25, 0.3) is 0 Å². The van der Waals surface area contributed by atoms with Crippen molar-refractivity contribution in [1.29, 1.82) is 0 Å². The highest BCUT2D eigenvalue weighted by atomic mass is 31.2. The number of hydrogen-bond acceptors (Lipinski definition) is 6. The Morgan fingerprint density at radius 3 is 2.19 bits per heavy atom. The first-order chi connectivity index (χ1) is 13.0. The Balaban J connectivity index is 2.41. The summed E-state index contributed by atoms with van der Waals surface area (Å²) in [5, 5.41) is 0.430. The minimum Gasteiger partial charge on any atom is -0.620 e. The summed E-state index contributed by atoms with van der Waals surface area (Å²) in [6.07, 6.45) is 0. The number of para-hydroxylation sites is 1. The molecule has 1 unspecified atom stereocenters. The first-order valence-corrected chi connectivity index (χ1v) is 11.7. The molecule has 0 spiro atoms. The Morgan fingerprint density at radius 2 is 1.59 bits per heavy atom. The van der Waals surface area contributed by atoms with Crippen LogP contribution in [0.2, 0.25) is 0 Å². The number of fused-ring (bicyclic) bond motifs is 1. The normalized spacial score (nSPS) is 19.6. The SMILES string of the molecule is CCOP(=O)(OCC)C1=C(c2ccccc2)[P+]([O-])(OC)Oc2ccccc21. The van der Waals surface area contributed by atoms with Crippen molar-refractivity contribution in [2.24, 2.45) is 0 Å². The van der Waals surface area contributed by atoms with E-state index in [4.69, 9.17) is 18.1 Å². The fraction of sp³-hybridized carbons (Fsp3) is 0.263. The van der Waals surface area contributed by atoms with E-state index in [1.807, 2.05) is 6.07 Å². The van der Waals surface area contributed by atoms with Gasteiger partial charge in [0, 0.05) is 11.1 Å². The van der Waals surface area contributed by atoms with Crippen LogP contribution in [0.5, 0.6) is 5.75 Å². The molecular weight excluding hydrogens is 386 g/mol. The molecule has 0 saturated carbocycles. The van der Waals surface area contributed by atoms with Gasteiger partial charge >= 0.3 is 15.5 Å². The second-order valence-electron chi connectivity index (χ2n) is 5.66. The smallest absolute Gasteiger partial charge is 0.366 e. The summed E-state index contributed by atoms with van der Waals surface area (Å²) >= 11 is 0. The van der Waals surface area contributed by atoms with Crippen molar-refractivity contribution in [2.75, 3.05) is 20.3 Å². The molecule has 0 saturated heterocycles. The van der Waals surface area contributed by atoms with E-state index >= 15 is 0 Å². The molecule has 3 rings (SSSR count). The first-order valence-electron chi connectivity index (χ1n) is 8.63. The molecule has 0 aromatic heterocycles. The average Bonchev–Trinajstić information content (AvgIpc) is 2.68. The van der Waals surface area contributed by atoms with E-state index in [-0.39, 0.29) is 23.8 Å². The van der Waals surface area contributed by atoms with Gasteiger partial charge in [-0.05, 0) is 26.0 Å². The van der Waals surface area contributed by atoms with E-state index in [9.17, 15) is 9.46 Å². The minimum absolute atomic E-state index is 0.170. The molecule has 27 heavy (non-hydrogen) atoms. The molecule has 1 atom stereocenters. The molecule has 0 aliphatic carbocycles. The Bertz CT molecular complexity index is 873. The van der Waals surface area contributed by atoms with Crippen LogP contribution in [0.3, 0.4) is 0 Å². The lowest BCUT2D eigenvalue weighted by Crippen LogP contribution is -2.23.